The summed E-state index contributed by atoms with van der Waals surface area (Å²) in [5.41, 5.74) is 1.57. The van der Waals surface area contributed by atoms with E-state index in [1.165, 1.54) is 6.08 Å². The van der Waals surface area contributed by atoms with Crippen LogP contribution in [0.1, 0.15) is 52.5 Å². The number of hydrogen-bond donors (Lipinski definition) is 1. The lowest BCUT2D eigenvalue weighted by Gasteiger charge is -2.37. The molecule has 0 radical (unpaired) electrons. The van der Waals surface area contributed by atoms with Crippen molar-refractivity contribution >= 4 is 24.0 Å². The van der Waals surface area contributed by atoms with Crippen LogP contribution in [0, 0.1) is 11.8 Å². The van der Waals surface area contributed by atoms with Gasteiger partial charge in [-0.1, -0.05) is 42.8 Å². The summed E-state index contributed by atoms with van der Waals surface area (Å²) in [6, 6.07) is 9.30. The number of benzene rings is 1. The Hall–Kier alpha value is -3.49. The van der Waals surface area contributed by atoms with Crippen LogP contribution >= 0.6 is 0 Å². The van der Waals surface area contributed by atoms with E-state index in [2.05, 4.69) is 0 Å². The number of esters is 2. The molecule has 0 aliphatic carbocycles. The fourth-order valence-corrected chi connectivity index (χ4v) is 5.49. The second-order valence-electron chi connectivity index (χ2n) is 10.4. The second kappa shape index (κ2) is 10.7. The molecule has 0 saturated carbocycles. The molecule has 0 aromatic heterocycles. The maximum absolute atomic E-state index is 13.1. The number of fused-ring (bicyclic) bond motifs is 3. The Morgan fingerprint density at radius 1 is 1.18 bits per heavy atom. The molecular weight excluding hydrogens is 488 g/mol. The molecular formula is C30H34O8. The van der Waals surface area contributed by atoms with Crippen molar-refractivity contribution in [1.82, 2.24) is 0 Å². The Morgan fingerprint density at radius 2 is 1.89 bits per heavy atom. The Bertz CT molecular complexity index is 1250. The highest BCUT2D eigenvalue weighted by Crippen LogP contribution is 2.51. The van der Waals surface area contributed by atoms with Crippen LogP contribution in [0.5, 0.6) is 0 Å². The maximum atomic E-state index is 13.1. The third-order valence-corrected chi connectivity index (χ3v) is 7.89. The van der Waals surface area contributed by atoms with Crippen LogP contribution in [-0.4, -0.2) is 48.1 Å². The number of carbonyl (C=O) groups is 3. The molecule has 2 unspecified atom stereocenters. The van der Waals surface area contributed by atoms with E-state index in [1.807, 2.05) is 44.2 Å². The lowest BCUT2D eigenvalue weighted by atomic mass is 9.76. The molecule has 8 heteroatoms. The standard InChI is InChI=1S/C30H34O8/c1-18-15-22(19(2)20(3)27(32)33)26-23(17-36-25(31)12-11-21-9-7-6-8-10-21)28(34)37-24(26)16-29(4)13-14-30(18,35-5)38-29/h6-12,16,18,22H,13-15,17H2,1-5H3,(H,32,33)/b12-11+,20-19+,24-16+/t18-,22+,29?,30?/m1/s1. The lowest BCUT2D eigenvalue weighted by Crippen LogP contribution is -2.41. The lowest BCUT2D eigenvalue weighted by molar-refractivity contribution is -0.253. The molecule has 8 nitrogen and oxygen atoms in total. The van der Waals surface area contributed by atoms with E-state index in [0.717, 1.165) is 5.56 Å². The summed E-state index contributed by atoms with van der Waals surface area (Å²) in [6.07, 6.45) is 6.45. The highest BCUT2D eigenvalue weighted by Gasteiger charge is 2.53. The van der Waals surface area contributed by atoms with Crippen molar-refractivity contribution in [3.8, 4) is 0 Å². The van der Waals surface area contributed by atoms with Crippen molar-refractivity contribution in [3.05, 3.63) is 76.1 Å². The molecule has 1 N–H and O–H groups in total. The molecule has 1 saturated heterocycles. The van der Waals surface area contributed by atoms with Crippen molar-refractivity contribution < 1.29 is 38.4 Å². The van der Waals surface area contributed by atoms with E-state index >= 15 is 0 Å². The SMILES string of the molecule is COC12CCC(C)(/C=C3/OC(=O)C(COC(=O)/C=C/c4ccccc4)=C3[C@H](/C(C)=C(\C)C(=O)O)C[C@H]1C)O2. The van der Waals surface area contributed by atoms with E-state index in [0.29, 0.717) is 36.2 Å². The Balaban J connectivity index is 1.75. The zero-order valence-electron chi connectivity index (χ0n) is 22.4. The molecule has 38 heavy (non-hydrogen) atoms. The number of carboxylic acids is 1. The van der Waals surface area contributed by atoms with E-state index in [4.69, 9.17) is 18.9 Å². The smallest absolute Gasteiger partial charge is 0.343 e. The van der Waals surface area contributed by atoms with Crippen LogP contribution in [0.3, 0.4) is 0 Å². The summed E-state index contributed by atoms with van der Waals surface area (Å²) in [6.45, 7) is 6.90. The summed E-state index contributed by atoms with van der Waals surface area (Å²) in [5.74, 6) is -3.47. The molecule has 2 bridgehead atoms. The van der Waals surface area contributed by atoms with Gasteiger partial charge in [0.15, 0.2) is 5.79 Å². The minimum atomic E-state index is -1.04. The van der Waals surface area contributed by atoms with Crippen molar-refractivity contribution in [3.63, 3.8) is 0 Å². The van der Waals surface area contributed by atoms with Gasteiger partial charge >= 0.3 is 17.9 Å². The van der Waals surface area contributed by atoms with Gasteiger partial charge in [-0.2, -0.15) is 0 Å². The first-order valence-electron chi connectivity index (χ1n) is 12.7. The number of ether oxygens (including phenoxy) is 4. The van der Waals surface area contributed by atoms with Crippen molar-refractivity contribution in [1.29, 1.82) is 0 Å². The third kappa shape index (κ3) is 5.37. The van der Waals surface area contributed by atoms with Crippen LogP contribution in [0.2, 0.25) is 0 Å². The monoisotopic (exact) mass is 522 g/mol. The number of carbonyl (C=O) groups excluding carboxylic acids is 2. The van der Waals surface area contributed by atoms with Crippen LogP contribution < -0.4 is 0 Å². The molecule has 3 aliphatic heterocycles. The summed E-state index contributed by atoms with van der Waals surface area (Å²) in [4.78, 5) is 37.5. The predicted molar refractivity (Wildman–Crippen MR) is 139 cm³/mol. The molecule has 1 aromatic rings. The van der Waals surface area contributed by atoms with Crippen LogP contribution in [0.4, 0.5) is 0 Å². The number of carboxylic acid groups (broad SMARTS) is 1. The van der Waals surface area contributed by atoms with Gasteiger partial charge in [-0.25, -0.2) is 14.4 Å². The van der Waals surface area contributed by atoms with Crippen LogP contribution in [-0.2, 0) is 33.3 Å². The fraction of sp³-hybridized carbons (Fsp3) is 0.433. The van der Waals surface area contributed by atoms with Crippen LogP contribution in [0.15, 0.2) is 70.5 Å². The predicted octanol–water partition coefficient (Wildman–Crippen LogP) is 4.97. The molecule has 0 amide bonds. The Morgan fingerprint density at radius 3 is 2.55 bits per heavy atom. The van der Waals surface area contributed by atoms with Crippen molar-refractivity contribution in [2.75, 3.05) is 13.7 Å². The first-order chi connectivity index (χ1) is 18.0. The van der Waals surface area contributed by atoms with Crippen LogP contribution in [0.25, 0.3) is 6.08 Å². The van der Waals surface area contributed by atoms with E-state index in [-0.39, 0.29) is 23.7 Å². The van der Waals surface area contributed by atoms with Gasteiger partial charge < -0.3 is 24.1 Å². The number of allylic oxidation sites excluding steroid dienone is 2. The number of rotatable bonds is 7. The topological polar surface area (TPSA) is 108 Å². The first-order valence-corrected chi connectivity index (χ1v) is 12.7. The summed E-state index contributed by atoms with van der Waals surface area (Å²) < 4.78 is 23.5. The average molecular weight is 523 g/mol. The molecule has 0 spiro atoms. The van der Waals surface area contributed by atoms with Gasteiger partial charge in [0.25, 0.3) is 0 Å². The molecule has 1 fully saturated rings. The highest BCUT2D eigenvalue weighted by atomic mass is 16.7. The Kier molecular flexibility index (Phi) is 7.76. The second-order valence-corrected chi connectivity index (χ2v) is 10.4. The number of aliphatic carboxylic acids is 1. The molecule has 1 aromatic carbocycles. The molecule has 3 heterocycles. The fourth-order valence-electron chi connectivity index (χ4n) is 5.49. The zero-order chi connectivity index (χ0) is 27.7. The summed E-state index contributed by atoms with van der Waals surface area (Å²) in [5, 5.41) is 9.75. The quantitative estimate of drug-likeness (QED) is 0.395. The minimum absolute atomic E-state index is 0.149. The average Bonchev–Trinajstić information content (AvgIpc) is 3.40. The summed E-state index contributed by atoms with van der Waals surface area (Å²) >= 11 is 0. The van der Waals surface area contributed by atoms with Crippen molar-refractivity contribution in [2.24, 2.45) is 11.8 Å². The number of hydrogen-bond acceptors (Lipinski definition) is 7. The van der Waals surface area contributed by atoms with Gasteiger partial charge in [-0.05, 0) is 51.3 Å². The van der Waals surface area contributed by atoms with E-state index < -0.39 is 35.2 Å². The maximum Gasteiger partial charge on any atom is 0.343 e. The van der Waals surface area contributed by atoms with Gasteiger partial charge in [-0.15, -0.1) is 0 Å². The molecule has 202 valence electrons. The van der Waals surface area contributed by atoms with Gasteiger partial charge in [-0.3, -0.25) is 0 Å². The third-order valence-electron chi connectivity index (χ3n) is 7.89. The molecule has 4 atom stereocenters. The van der Waals surface area contributed by atoms with E-state index in [9.17, 15) is 19.5 Å². The van der Waals surface area contributed by atoms with Gasteiger partial charge in [0.1, 0.15) is 12.4 Å². The van der Waals surface area contributed by atoms with Gasteiger partial charge in [0.05, 0.1) is 11.2 Å². The highest BCUT2D eigenvalue weighted by molar-refractivity contribution is 5.96. The largest absolute Gasteiger partial charge is 0.478 e. The molecule has 4 rings (SSSR count). The van der Waals surface area contributed by atoms with E-state index in [1.54, 1.807) is 33.1 Å². The Labute approximate surface area is 222 Å². The van der Waals surface area contributed by atoms with Crippen molar-refractivity contribution in [2.45, 2.75) is 58.3 Å². The normalized spacial score (nSPS) is 31.0. The zero-order valence-corrected chi connectivity index (χ0v) is 22.4. The molecule has 3 aliphatic rings. The summed E-state index contributed by atoms with van der Waals surface area (Å²) in [7, 11) is 1.61. The van der Waals surface area contributed by atoms with Gasteiger partial charge in [0, 0.05) is 42.6 Å². The number of methoxy groups -OCH3 is 1. The van der Waals surface area contributed by atoms with Gasteiger partial charge in [0.2, 0.25) is 0 Å². The minimum Gasteiger partial charge on any atom is -0.478 e. The first kappa shape index (κ1) is 27.5.